The van der Waals surface area contributed by atoms with E-state index in [1.54, 1.807) is 39.1 Å². The van der Waals surface area contributed by atoms with Crippen LogP contribution in [0.5, 0.6) is 0 Å². The van der Waals surface area contributed by atoms with Crippen molar-refractivity contribution in [1.29, 1.82) is 0 Å². The Labute approximate surface area is 165 Å². The Kier molecular flexibility index (Phi) is 4.76. The third kappa shape index (κ3) is 3.50. The molecule has 2 aromatic carbocycles. The van der Waals surface area contributed by atoms with Crippen LogP contribution in [0, 0.1) is 13.8 Å². The second-order valence-electron chi connectivity index (χ2n) is 6.35. The molecule has 0 aliphatic carbocycles. The van der Waals surface area contributed by atoms with Gasteiger partial charge in [0, 0.05) is 23.2 Å². The Morgan fingerprint density at radius 2 is 1.81 bits per heavy atom. The molecule has 0 unspecified atom stereocenters. The van der Waals surface area contributed by atoms with Crippen LogP contribution in [0.4, 0.5) is 0 Å². The summed E-state index contributed by atoms with van der Waals surface area (Å²) in [4.78, 5) is 12.9. The van der Waals surface area contributed by atoms with Crippen molar-refractivity contribution >= 4 is 29.0 Å². The van der Waals surface area contributed by atoms with Crippen molar-refractivity contribution < 1.29 is 0 Å². The van der Waals surface area contributed by atoms with Crippen LogP contribution in [-0.4, -0.2) is 19.2 Å². The van der Waals surface area contributed by atoms with Gasteiger partial charge in [0.25, 0.3) is 0 Å². The molecule has 0 fully saturated rings. The van der Waals surface area contributed by atoms with Gasteiger partial charge in [0.15, 0.2) is 5.16 Å². The van der Waals surface area contributed by atoms with Crippen LogP contribution in [-0.2, 0) is 5.75 Å². The summed E-state index contributed by atoms with van der Waals surface area (Å²) in [5.41, 5.74) is 4.20. The lowest BCUT2D eigenvalue weighted by atomic mass is 10.2. The van der Waals surface area contributed by atoms with E-state index in [1.165, 1.54) is 11.1 Å². The minimum absolute atomic E-state index is 0.224. The van der Waals surface area contributed by atoms with E-state index >= 15 is 0 Å². The average molecular weight is 397 g/mol. The van der Waals surface area contributed by atoms with E-state index in [4.69, 9.17) is 11.6 Å². The molecule has 136 valence electrons. The number of nitrogens with zero attached hydrogens (tertiary/aromatic N) is 4. The van der Waals surface area contributed by atoms with E-state index in [1.807, 2.05) is 19.2 Å². The SMILES string of the molecule is Cc1ccc(CSc2nnc3c(=O)n(-c4cc(Cl)ccc4C)ccn23)cc1. The molecule has 0 bridgehead atoms. The Bertz CT molecular complexity index is 1180. The molecule has 5 nitrogen and oxygen atoms in total. The molecule has 4 aromatic rings. The maximum atomic E-state index is 12.9. The molecule has 2 aromatic heterocycles. The van der Waals surface area contributed by atoms with Gasteiger partial charge in [0.2, 0.25) is 5.65 Å². The third-order valence-corrected chi connectivity index (χ3v) is 5.61. The molecular formula is C20H17ClN4OS. The Hall–Kier alpha value is -2.57. The number of aryl methyl sites for hydroxylation is 2. The van der Waals surface area contributed by atoms with Crippen molar-refractivity contribution in [2.24, 2.45) is 0 Å². The highest BCUT2D eigenvalue weighted by atomic mass is 35.5. The number of fused-ring (bicyclic) bond motifs is 1. The third-order valence-electron chi connectivity index (χ3n) is 4.36. The zero-order valence-electron chi connectivity index (χ0n) is 14.9. The summed E-state index contributed by atoms with van der Waals surface area (Å²) in [6, 6.07) is 13.8. The molecular weight excluding hydrogens is 380 g/mol. The average Bonchev–Trinajstić information content (AvgIpc) is 3.08. The lowest BCUT2D eigenvalue weighted by Crippen LogP contribution is -2.21. The number of rotatable bonds is 4. The van der Waals surface area contributed by atoms with Crippen molar-refractivity contribution in [2.45, 2.75) is 24.8 Å². The van der Waals surface area contributed by atoms with Crippen LogP contribution in [0.25, 0.3) is 11.3 Å². The van der Waals surface area contributed by atoms with Crippen LogP contribution in [0.15, 0.2) is 64.8 Å². The number of aromatic nitrogens is 4. The van der Waals surface area contributed by atoms with Gasteiger partial charge in [0.1, 0.15) is 0 Å². The molecule has 0 amide bonds. The summed E-state index contributed by atoms with van der Waals surface area (Å²) in [6.07, 6.45) is 3.54. The Balaban J connectivity index is 1.68. The zero-order chi connectivity index (χ0) is 19.0. The van der Waals surface area contributed by atoms with E-state index in [0.29, 0.717) is 15.8 Å². The van der Waals surface area contributed by atoms with Gasteiger partial charge in [-0.05, 0) is 37.1 Å². The van der Waals surface area contributed by atoms with Gasteiger partial charge in [-0.3, -0.25) is 13.8 Å². The smallest absolute Gasteiger partial charge is 0.279 e. The Morgan fingerprint density at radius 3 is 2.59 bits per heavy atom. The summed E-state index contributed by atoms with van der Waals surface area (Å²) in [5.74, 6) is 0.761. The fourth-order valence-corrected chi connectivity index (χ4v) is 3.87. The van der Waals surface area contributed by atoms with Gasteiger partial charge in [-0.25, -0.2) is 0 Å². The van der Waals surface area contributed by atoms with Crippen molar-refractivity contribution in [1.82, 2.24) is 19.2 Å². The first-order chi connectivity index (χ1) is 13.0. The lowest BCUT2D eigenvalue weighted by Gasteiger charge is -2.10. The van der Waals surface area contributed by atoms with E-state index in [9.17, 15) is 4.79 Å². The second kappa shape index (κ2) is 7.21. The maximum Gasteiger partial charge on any atom is 0.300 e. The topological polar surface area (TPSA) is 52.2 Å². The number of halogens is 1. The molecule has 7 heteroatoms. The van der Waals surface area contributed by atoms with Gasteiger partial charge in [-0.2, -0.15) is 0 Å². The van der Waals surface area contributed by atoms with Crippen LogP contribution in [0.1, 0.15) is 16.7 Å². The standard InChI is InChI=1S/C20H17ClN4OS/c1-13-3-6-15(7-4-13)12-27-20-23-22-18-19(26)24(9-10-25(18)20)17-11-16(21)8-5-14(17)2/h3-11H,12H2,1-2H3. The van der Waals surface area contributed by atoms with Gasteiger partial charge in [-0.15, -0.1) is 10.2 Å². The first kappa shape index (κ1) is 17.8. The molecule has 0 saturated heterocycles. The number of thioether (sulfide) groups is 1. The quantitative estimate of drug-likeness (QED) is 0.478. The molecule has 0 N–H and O–H groups in total. The molecule has 0 radical (unpaired) electrons. The number of hydrogen-bond donors (Lipinski definition) is 0. The number of benzene rings is 2. The van der Waals surface area contributed by atoms with Crippen molar-refractivity contribution in [2.75, 3.05) is 0 Å². The molecule has 0 atom stereocenters. The molecule has 2 heterocycles. The molecule has 0 aliphatic rings. The minimum Gasteiger partial charge on any atom is -0.279 e. The van der Waals surface area contributed by atoms with Crippen LogP contribution >= 0.6 is 23.4 Å². The predicted octanol–water partition coefficient (Wildman–Crippen LogP) is 4.44. The first-order valence-corrected chi connectivity index (χ1v) is 9.80. The van der Waals surface area contributed by atoms with Gasteiger partial charge in [-0.1, -0.05) is 59.3 Å². The highest BCUT2D eigenvalue weighted by Gasteiger charge is 2.13. The minimum atomic E-state index is -0.224. The molecule has 27 heavy (non-hydrogen) atoms. The first-order valence-electron chi connectivity index (χ1n) is 8.44. The molecule has 0 spiro atoms. The van der Waals surface area contributed by atoms with Gasteiger partial charge in [0.05, 0.1) is 5.69 Å². The zero-order valence-corrected chi connectivity index (χ0v) is 16.5. The highest BCUT2D eigenvalue weighted by Crippen LogP contribution is 2.22. The van der Waals surface area contributed by atoms with Crippen LogP contribution in [0.3, 0.4) is 0 Å². The number of hydrogen-bond acceptors (Lipinski definition) is 4. The maximum absolute atomic E-state index is 12.9. The van der Waals surface area contributed by atoms with Gasteiger partial charge < -0.3 is 0 Å². The lowest BCUT2D eigenvalue weighted by molar-refractivity contribution is 0.890. The summed E-state index contributed by atoms with van der Waals surface area (Å²) < 4.78 is 3.29. The monoisotopic (exact) mass is 396 g/mol. The van der Waals surface area contributed by atoms with Crippen LogP contribution < -0.4 is 5.56 Å². The van der Waals surface area contributed by atoms with E-state index < -0.39 is 0 Å². The predicted molar refractivity (Wildman–Crippen MR) is 109 cm³/mol. The summed E-state index contributed by atoms with van der Waals surface area (Å²) in [5, 5.41) is 9.58. The fourth-order valence-electron chi connectivity index (χ4n) is 2.83. The normalized spacial score (nSPS) is 11.2. The molecule has 0 saturated carbocycles. The van der Waals surface area contributed by atoms with E-state index in [2.05, 4.69) is 41.4 Å². The Morgan fingerprint density at radius 1 is 1.04 bits per heavy atom. The van der Waals surface area contributed by atoms with Crippen LogP contribution in [0.2, 0.25) is 5.02 Å². The highest BCUT2D eigenvalue weighted by molar-refractivity contribution is 7.98. The molecule has 4 rings (SSSR count). The summed E-state index contributed by atoms with van der Waals surface area (Å²) in [6.45, 7) is 4.00. The van der Waals surface area contributed by atoms with Crippen molar-refractivity contribution in [3.63, 3.8) is 0 Å². The van der Waals surface area contributed by atoms with Crippen molar-refractivity contribution in [3.8, 4) is 5.69 Å². The van der Waals surface area contributed by atoms with E-state index in [-0.39, 0.29) is 5.56 Å². The van der Waals surface area contributed by atoms with E-state index in [0.717, 1.165) is 17.0 Å². The van der Waals surface area contributed by atoms with Gasteiger partial charge >= 0.3 is 5.56 Å². The summed E-state index contributed by atoms with van der Waals surface area (Å²) in [7, 11) is 0. The molecule has 0 aliphatic heterocycles. The largest absolute Gasteiger partial charge is 0.300 e. The summed E-state index contributed by atoms with van der Waals surface area (Å²) >= 11 is 7.65. The second-order valence-corrected chi connectivity index (χ2v) is 7.73. The fraction of sp³-hybridized carbons (Fsp3) is 0.150. The van der Waals surface area contributed by atoms with Crippen molar-refractivity contribution in [3.05, 3.63) is 86.9 Å².